The summed E-state index contributed by atoms with van der Waals surface area (Å²) in [6.07, 6.45) is 1.47. The number of aryl methyl sites for hydroxylation is 2. The fraction of sp³-hybridized carbons (Fsp3) is 0.167. The molecule has 7 nitrogen and oxygen atoms in total. The maximum atomic E-state index is 12.2. The summed E-state index contributed by atoms with van der Waals surface area (Å²) in [4.78, 5) is 14.5. The quantitative estimate of drug-likeness (QED) is 0.850. The maximum absolute atomic E-state index is 12.2. The zero-order valence-corrected chi connectivity index (χ0v) is 13.4. The van der Waals surface area contributed by atoms with Crippen molar-refractivity contribution in [3.8, 4) is 0 Å². The molecule has 0 saturated carbocycles. The molecule has 2 heterocycles. The summed E-state index contributed by atoms with van der Waals surface area (Å²) in [6, 6.07) is 2.51. The lowest BCUT2D eigenvalue weighted by Crippen LogP contribution is -2.14. The largest absolute Gasteiger partial charge is 0.475 e. The number of nitrogens with zero attached hydrogens (tertiary/aromatic N) is 1. The van der Waals surface area contributed by atoms with Crippen LogP contribution in [-0.4, -0.2) is 24.5 Å². The fourth-order valence-electron chi connectivity index (χ4n) is 1.63. The third kappa shape index (κ3) is 3.24. The van der Waals surface area contributed by atoms with E-state index in [0.717, 1.165) is 16.1 Å². The Labute approximate surface area is 129 Å². The van der Waals surface area contributed by atoms with Gasteiger partial charge in [0.25, 0.3) is 10.0 Å². The van der Waals surface area contributed by atoms with Crippen molar-refractivity contribution in [3.63, 3.8) is 0 Å². The average Bonchev–Trinajstić information content (AvgIpc) is 2.77. The molecule has 0 amide bonds. The van der Waals surface area contributed by atoms with Crippen LogP contribution in [-0.2, 0) is 10.0 Å². The Morgan fingerprint density at radius 1 is 1.38 bits per heavy atom. The molecule has 2 N–H and O–H groups in total. The highest BCUT2D eigenvalue weighted by atomic mass is 79.9. The topological polar surface area (TPSA) is 110 Å². The van der Waals surface area contributed by atoms with Crippen molar-refractivity contribution in [1.82, 2.24) is 4.98 Å². The van der Waals surface area contributed by atoms with Crippen LogP contribution in [0.1, 0.15) is 21.9 Å². The van der Waals surface area contributed by atoms with Crippen molar-refractivity contribution >= 4 is 37.7 Å². The number of carboxylic acids is 1. The van der Waals surface area contributed by atoms with Gasteiger partial charge in [-0.2, -0.15) is 0 Å². The van der Waals surface area contributed by atoms with E-state index >= 15 is 0 Å². The molecule has 2 aromatic rings. The molecule has 2 rings (SSSR count). The first-order valence-electron chi connectivity index (χ1n) is 5.69. The van der Waals surface area contributed by atoms with Gasteiger partial charge in [-0.05, 0) is 41.4 Å². The van der Waals surface area contributed by atoms with Crippen molar-refractivity contribution in [2.24, 2.45) is 0 Å². The third-order valence-electron chi connectivity index (χ3n) is 2.66. The van der Waals surface area contributed by atoms with Crippen LogP contribution in [0.2, 0.25) is 0 Å². The van der Waals surface area contributed by atoms with E-state index in [4.69, 9.17) is 9.52 Å². The predicted octanol–water partition coefficient (Wildman–Crippen LogP) is 2.55. The van der Waals surface area contributed by atoms with Gasteiger partial charge in [0.15, 0.2) is 0 Å². The molecule has 0 atom stereocenters. The third-order valence-corrected chi connectivity index (χ3v) is 4.95. The van der Waals surface area contributed by atoms with Crippen LogP contribution in [0, 0.1) is 13.8 Å². The standard InChI is InChI=1S/C12H11BrN2O5S/c1-6-3-11(14-5-8(6)13)15-21(18,19)10-4-9(12(16)17)20-7(10)2/h3-5H,1-2H3,(H,14,15)(H,16,17). The van der Waals surface area contributed by atoms with E-state index in [-0.39, 0.29) is 16.5 Å². The van der Waals surface area contributed by atoms with Crippen LogP contribution in [0.15, 0.2) is 32.1 Å². The minimum absolute atomic E-state index is 0.00580. The van der Waals surface area contributed by atoms with E-state index in [9.17, 15) is 13.2 Å². The Balaban J connectivity index is 2.38. The second-order valence-electron chi connectivity index (χ2n) is 4.26. The molecule has 0 unspecified atom stereocenters. The number of aromatic nitrogens is 1. The number of rotatable bonds is 4. The second kappa shape index (κ2) is 5.49. The second-order valence-corrected chi connectivity index (χ2v) is 6.77. The van der Waals surface area contributed by atoms with Crippen molar-refractivity contribution in [3.05, 3.63) is 39.9 Å². The van der Waals surface area contributed by atoms with Crippen molar-refractivity contribution in [1.29, 1.82) is 0 Å². The lowest BCUT2D eigenvalue weighted by Gasteiger charge is -2.07. The maximum Gasteiger partial charge on any atom is 0.371 e. The molecular weight excluding hydrogens is 364 g/mol. The SMILES string of the molecule is Cc1cc(NS(=O)(=O)c2cc(C(=O)O)oc2C)ncc1Br. The van der Waals surface area contributed by atoms with Gasteiger partial charge >= 0.3 is 5.97 Å². The van der Waals surface area contributed by atoms with E-state index < -0.39 is 21.8 Å². The number of furan rings is 1. The van der Waals surface area contributed by atoms with Gasteiger partial charge in [0.1, 0.15) is 16.5 Å². The number of carboxylic acid groups (broad SMARTS) is 1. The molecule has 9 heteroatoms. The number of aromatic carboxylic acids is 1. The Morgan fingerprint density at radius 3 is 2.57 bits per heavy atom. The molecule has 0 spiro atoms. The van der Waals surface area contributed by atoms with E-state index in [1.165, 1.54) is 13.1 Å². The first-order chi connectivity index (χ1) is 9.70. The Bertz CT molecular complexity index is 813. The molecule has 0 aromatic carbocycles. The number of sulfonamides is 1. The van der Waals surface area contributed by atoms with Crippen LogP contribution >= 0.6 is 15.9 Å². The number of nitrogens with one attached hydrogen (secondary N) is 1. The zero-order chi connectivity index (χ0) is 15.8. The number of hydrogen-bond donors (Lipinski definition) is 2. The zero-order valence-electron chi connectivity index (χ0n) is 11.0. The molecule has 0 radical (unpaired) electrons. The predicted molar refractivity (Wildman–Crippen MR) is 77.9 cm³/mol. The Kier molecular flexibility index (Phi) is 4.06. The van der Waals surface area contributed by atoms with E-state index in [1.54, 1.807) is 13.0 Å². The molecule has 0 fully saturated rings. The fourth-order valence-corrected chi connectivity index (χ4v) is 3.02. The summed E-state index contributed by atoms with van der Waals surface area (Å²) < 4.78 is 32.4. The number of hydrogen-bond acceptors (Lipinski definition) is 5. The van der Waals surface area contributed by atoms with E-state index in [2.05, 4.69) is 25.6 Å². The molecule has 0 saturated heterocycles. The smallest absolute Gasteiger partial charge is 0.371 e. The summed E-state index contributed by atoms with van der Waals surface area (Å²) in [7, 11) is -3.97. The Hall–Kier alpha value is -1.87. The Morgan fingerprint density at radius 2 is 2.05 bits per heavy atom. The monoisotopic (exact) mass is 374 g/mol. The van der Waals surface area contributed by atoms with Crippen molar-refractivity contribution < 1.29 is 22.7 Å². The number of halogens is 1. The van der Waals surface area contributed by atoms with E-state index in [1.807, 2.05) is 0 Å². The molecule has 0 bridgehead atoms. The molecule has 0 aliphatic heterocycles. The van der Waals surface area contributed by atoms with Crippen molar-refractivity contribution in [2.75, 3.05) is 4.72 Å². The van der Waals surface area contributed by atoms with Gasteiger partial charge < -0.3 is 9.52 Å². The molecule has 0 aliphatic carbocycles. The number of carbonyl (C=O) groups is 1. The summed E-state index contributed by atoms with van der Waals surface area (Å²) in [6.45, 7) is 3.16. The molecular formula is C12H11BrN2O5S. The van der Waals surface area contributed by atoms with Crippen LogP contribution in [0.25, 0.3) is 0 Å². The average molecular weight is 375 g/mol. The first-order valence-corrected chi connectivity index (χ1v) is 7.97. The molecule has 21 heavy (non-hydrogen) atoms. The summed E-state index contributed by atoms with van der Waals surface area (Å²) in [5, 5.41) is 8.82. The number of pyridine rings is 1. The minimum atomic E-state index is -3.97. The first kappa shape index (κ1) is 15.5. The van der Waals surface area contributed by atoms with Crippen LogP contribution < -0.4 is 4.72 Å². The summed E-state index contributed by atoms with van der Waals surface area (Å²) in [5.74, 6) is -1.65. The van der Waals surface area contributed by atoms with Crippen LogP contribution in [0.3, 0.4) is 0 Å². The molecule has 0 aliphatic rings. The van der Waals surface area contributed by atoms with Gasteiger partial charge in [-0.25, -0.2) is 18.2 Å². The van der Waals surface area contributed by atoms with Gasteiger partial charge in [0.2, 0.25) is 5.76 Å². The highest BCUT2D eigenvalue weighted by Crippen LogP contribution is 2.24. The van der Waals surface area contributed by atoms with Gasteiger partial charge in [0, 0.05) is 16.7 Å². The molecule has 112 valence electrons. The molecule has 2 aromatic heterocycles. The normalized spacial score (nSPS) is 11.4. The van der Waals surface area contributed by atoms with Gasteiger partial charge in [-0.3, -0.25) is 4.72 Å². The highest BCUT2D eigenvalue weighted by molar-refractivity contribution is 9.10. The van der Waals surface area contributed by atoms with Crippen LogP contribution in [0.4, 0.5) is 5.82 Å². The lowest BCUT2D eigenvalue weighted by atomic mass is 10.3. The highest BCUT2D eigenvalue weighted by Gasteiger charge is 2.24. The van der Waals surface area contributed by atoms with Gasteiger partial charge in [-0.1, -0.05) is 0 Å². The van der Waals surface area contributed by atoms with E-state index in [0.29, 0.717) is 0 Å². The van der Waals surface area contributed by atoms with Gasteiger partial charge in [0.05, 0.1) is 0 Å². The van der Waals surface area contributed by atoms with Gasteiger partial charge in [-0.15, -0.1) is 0 Å². The summed E-state index contributed by atoms with van der Waals surface area (Å²) in [5.41, 5.74) is 0.804. The minimum Gasteiger partial charge on any atom is -0.475 e. The number of anilines is 1. The van der Waals surface area contributed by atoms with Crippen molar-refractivity contribution in [2.45, 2.75) is 18.7 Å². The van der Waals surface area contributed by atoms with Crippen LogP contribution in [0.5, 0.6) is 0 Å². The summed E-state index contributed by atoms with van der Waals surface area (Å²) >= 11 is 3.26. The lowest BCUT2D eigenvalue weighted by molar-refractivity contribution is 0.0661.